The van der Waals surface area contributed by atoms with Gasteiger partial charge >= 0.3 is 11.9 Å². The van der Waals surface area contributed by atoms with Gasteiger partial charge in [0.25, 0.3) is 0 Å². The number of nitrogens with one attached hydrogen (secondary N) is 1. The summed E-state index contributed by atoms with van der Waals surface area (Å²) in [5.74, 6) is -2.35. The standard InChI is InChI=1S/C22H32N2O5/c1-16(23-18(21(26)27)14-13-17-10-6-5-7-11-17)20(25)24-15-9-4-2-3-8-12-19(24)22(28)29/h5-7,10-11,16,18-19,23H,2-4,8-9,12-15H2,1H3,(H,26,27)(H,28,29)/t16-,18?,19-/m0/s1. The largest absolute Gasteiger partial charge is 0.480 e. The number of carbonyl (C=O) groups is 3. The van der Waals surface area contributed by atoms with Crippen LogP contribution in [0.4, 0.5) is 0 Å². The van der Waals surface area contributed by atoms with Crippen molar-refractivity contribution in [3.63, 3.8) is 0 Å². The maximum absolute atomic E-state index is 13.0. The lowest BCUT2D eigenvalue weighted by Gasteiger charge is -2.32. The molecule has 7 nitrogen and oxygen atoms in total. The van der Waals surface area contributed by atoms with Crippen molar-refractivity contribution in [1.82, 2.24) is 10.2 Å². The van der Waals surface area contributed by atoms with Gasteiger partial charge < -0.3 is 15.1 Å². The molecule has 0 bridgehead atoms. The van der Waals surface area contributed by atoms with Crippen LogP contribution in [0.5, 0.6) is 0 Å². The summed E-state index contributed by atoms with van der Waals surface area (Å²) in [5, 5.41) is 22.1. The average Bonchev–Trinajstić information content (AvgIpc) is 2.82. The Bertz CT molecular complexity index is 679. The SMILES string of the molecule is C[C@H](NC(CCc1ccccc1)C(=O)O)C(=O)N1CCCCCCC[C@H]1C(=O)O. The van der Waals surface area contributed by atoms with Gasteiger partial charge in [0.05, 0.1) is 6.04 Å². The molecule has 2 rings (SSSR count). The second-order valence-corrected chi connectivity index (χ2v) is 7.75. The molecule has 1 amide bonds. The van der Waals surface area contributed by atoms with E-state index in [0.29, 0.717) is 25.8 Å². The van der Waals surface area contributed by atoms with Crippen LogP contribution in [-0.4, -0.2) is 57.6 Å². The Morgan fingerprint density at radius 2 is 1.72 bits per heavy atom. The molecule has 1 saturated heterocycles. The van der Waals surface area contributed by atoms with Crippen molar-refractivity contribution in [3.8, 4) is 0 Å². The highest BCUT2D eigenvalue weighted by Gasteiger charge is 2.33. The Hall–Kier alpha value is -2.41. The summed E-state index contributed by atoms with van der Waals surface area (Å²) >= 11 is 0. The van der Waals surface area contributed by atoms with Crippen LogP contribution < -0.4 is 5.32 Å². The third-order valence-corrected chi connectivity index (χ3v) is 5.51. The van der Waals surface area contributed by atoms with Crippen molar-refractivity contribution < 1.29 is 24.6 Å². The zero-order chi connectivity index (χ0) is 21.2. The van der Waals surface area contributed by atoms with E-state index in [1.807, 2.05) is 30.3 Å². The number of benzene rings is 1. The van der Waals surface area contributed by atoms with Gasteiger partial charge in [0.2, 0.25) is 5.91 Å². The fraction of sp³-hybridized carbons (Fsp3) is 0.591. The minimum atomic E-state index is -1.01. The highest BCUT2D eigenvalue weighted by molar-refractivity contribution is 5.87. The van der Waals surface area contributed by atoms with E-state index in [9.17, 15) is 24.6 Å². The molecular weight excluding hydrogens is 372 g/mol. The summed E-state index contributed by atoms with van der Waals surface area (Å²) in [6.07, 6.45) is 5.88. The molecular formula is C22H32N2O5. The molecule has 3 N–H and O–H groups in total. The molecule has 1 aromatic rings. The molecule has 1 unspecified atom stereocenters. The van der Waals surface area contributed by atoms with Crippen molar-refractivity contribution in [3.05, 3.63) is 35.9 Å². The number of hydrogen-bond donors (Lipinski definition) is 3. The highest BCUT2D eigenvalue weighted by atomic mass is 16.4. The number of nitrogens with zero attached hydrogens (tertiary/aromatic N) is 1. The van der Waals surface area contributed by atoms with Gasteiger partial charge in [0, 0.05) is 6.54 Å². The molecule has 0 aromatic heterocycles. The Kier molecular flexibility index (Phi) is 9.12. The van der Waals surface area contributed by atoms with Crippen LogP contribution >= 0.6 is 0 Å². The van der Waals surface area contributed by atoms with Crippen LogP contribution in [0.1, 0.15) is 57.4 Å². The van der Waals surface area contributed by atoms with E-state index in [4.69, 9.17) is 0 Å². The Labute approximate surface area is 172 Å². The lowest BCUT2D eigenvalue weighted by Crippen LogP contribution is -2.55. The minimum Gasteiger partial charge on any atom is -0.480 e. The monoisotopic (exact) mass is 404 g/mol. The molecule has 1 heterocycles. The predicted molar refractivity (Wildman–Crippen MR) is 110 cm³/mol. The molecule has 1 aliphatic rings. The van der Waals surface area contributed by atoms with Crippen molar-refractivity contribution in [2.45, 2.75) is 76.4 Å². The number of aryl methyl sites for hydroxylation is 1. The Balaban J connectivity index is 2.03. The van der Waals surface area contributed by atoms with E-state index in [1.165, 1.54) is 4.90 Å². The van der Waals surface area contributed by atoms with Crippen LogP contribution in [-0.2, 0) is 20.8 Å². The van der Waals surface area contributed by atoms with Gasteiger partial charge in [-0.05, 0) is 38.2 Å². The van der Waals surface area contributed by atoms with E-state index in [-0.39, 0.29) is 5.91 Å². The second-order valence-electron chi connectivity index (χ2n) is 7.75. The van der Waals surface area contributed by atoms with Crippen LogP contribution in [0, 0.1) is 0 Å². The van der Waals surface area contributed by atoms with Crippen LogP contribution in [0.25, 0.3) is 0 Å². The maximum Gasteiger partial charge on any atom is 0.326 e. The Morgan fingerprint density at radius 3 is 2.38 bits per heavy atom. The third kappa shape index (κ3) is 7.16. The lowest BCUT2D eigenvalue weighted by molar-refractivity contribution is -0.152. The number of carboxylic acid groups (broad SMARTS) is 2. The number of carboxylic acids is 2. The minimum absolute atomic E-state index is 0.342. The van der Waals surface area contributed by atoms with Crippen molar-refractivity contribution in [2.24, 2.45) is 0 Å². The van der Waals surface area contributed by atoms with Gasteiger partial charge in [-0.15, -0.1) is 0 Å². The summed E-state index contributed by atoms with van der Waals surface area (Å²) in [7, 11) is 0. The summed E-state index contributed by atoms with van der Waals surface area (Å²) in [4.78, 5) is 37.9. The first-order valence-electron chi connectivity index (χ1n) is 10.5. The molecule has 1 aliphatic heterocycles. The fourth-order valence-corrected chi connectivity index (χ4v) is 3.84. The molecule has 7 heteroatoms. The number of aliphatic carboxylic acids is 2. The summed E-state index contributed by atoms with van der Waals surface area (Å²) in [6.45, 7) is 2.01. The number of amides is 1. The maximum atomic E-state index is 13.0. The molecule has 160 valence electrons. The first kappa shape index (κ1) is 22.9. The quantitative estimate of drug-likeness (QED) is 0.615. The first-order chi connectivity index (χ1) is 13.9. The van der Waals surface area contributed by atoms with Crippen molar-refractivity contribution in [2.75, 3.05) is 6.54 Å². The first-order valence-corrected chi connectivity index (χ1v) is 10.5. The van der Waals surface area contributed by atoms with Crippen molar-refractivity contribution in [1.29, 1.82) is 0 Å². The predicted octanol–water partition coefficient (Wildman–Crippen LogP) is 2.69. The molecule has 0 aliphatic carbocycles. The van der Waals surface area contributed by atoms with Gasteiger partial charge in [0.15, 0.2) is 0 Å². The second kappa shape index (κ2) is 11.6. The number of carbonyl (C=O) groups excluding carboxylic acids is 1. The summed E-state index contributed by atoms with van der Waals surface area (Å²) in [6, 6.07) is 7.09. The molecule has 1 aromatic carbocycles. The molecule has 0 saturated carbocycles. The summed E-state index contributed by atoms with van der Waals surface area (Å²) in [5.41, 5.74) is 1.03. The smallest absolute Gasteiger partial charge is 0.326 e. The van der Waals surface area contributed by atoms with Crippen molar-refractivity contribution >= 4 is 17.8 Å². The lowest BCUT2D eigenvalue weighted by atomic mass is 10.0. The van der Waals surface area contributed by atoms with E-state index in [2.05, 4.69) is 5.32 Å². The normalized spacial score (nSPS) is 20.0. The van der Waals surface area contributed by atoms with Gasteiger partial charge in [0.1, 0.15) is 12.1 Å². The molecule has 0 spiro atoms. The third-order valence-electron chi connectivity index (χ3n) is 5.51. The fourth-order valence-electron chi connectivity index (χ4n) is 3.84. The molecule has 1 fully saturated rings. The van der Waals surface area contributed by atoms with Crippen LogP contribution in [0.15, 0.2) is 30.3 Å². The van der Waals surface area contributed by atoms with Crippen LogP contribution in [0.2, 0.25) is 0 Å². The Morgan fingerprint density at radius 1 is 1.07 bits per heavy atom. The van der Waals surface area contributed by atoms with Crippen LogP contribution in [0.3, 0.4) is 0 Å². The number of rotatable bonds is 8. The van der Waals surface area contributed by atoms with Gasteiger partial charge in [-0.1, -0.05) is 56.0 Å². The highest BCUT2D eigenvalue weighted by Crippen LogP contribution is 2.18. The molecule has 0 radical (unpaired) electrons. The zero-order valence-corrected chi connectivity index (χ0v) is 17.0. The van der Waals surface area contributed by atoms with Gasteiger partial charge in [-0.3, -0.25) is 14.9 Å². The topological polar surface area (TPSA) is 107 Å². The van der Waals surface area contributed by atoms with Gasteiger partial charge in [-0.25, -0.2) is 4.79 Å². The van der Waals surface area contributed by atoms with E-state index in [1.54, 1.807) is 6.92 Å². The van der Waals surface area contributed by atoms with Gasteiger partial charge in [-0.2, -0.15) is 0 Å². The van der Waals surface area contributed by atoms with E-state index < -0.39 is 30.1 Å². The molecule has 29 heavy (non-hydrogen) atoms. The average molecular weight is 405 g/mol. The van der Waals surface area contributed by atoms with E-state index >= 15 is 0 Å². The number of hydrogen-bond acceptors (Lipinski definition) is 4. The summed E-state index contributed by atoms with van der Waals surface area (Å²) < 4.78 is 0. The molecule has 3 atom stereocenters. The van der Waals surface area contributed by atoms with E-state index in [0.717, 1.165) is 37.7 Å². The zero-order valence-electron chi connectivity index (χ0n) is 17.0.